The summed E-state index contributed by atoms with van der Waals surface area (Å²) in [5.74, 6) is 4.61. The normalized spacial score (nSPS) is 42.3. The number of hydrogen-bond donors (Lipinski definition) is 0. The highest BCUT2D eigenvalue weighted by molar-refractivity contribution is 5.08. The minimum Gasteiger partial charge on any atom is -0.0883 e. The molecule has 0 heteroatoms. The molecule has 2 aliphatic rings. The smallest absolute Gasteiger partial charge is 0.0176 e. The summed E-state index contributed by atoms with van der Waals surface area (Å²) >= 11 is 0. The monoisotopic (exact) mass is 191 g/mol. The van der Waals surface area contributed by atoms with E-state index in [9.17, 15) is 0 Å². The van der Waals surface area contributed by atoms with Gasteiger partial charge in [0.25, 0.3) is 0 Å². The zero-order valence-electron chi connectivity index (χ0n) is 9.63. The van der Waals surface area contributed by atoms with Crippen LogP contribution in [0, 0.1) is 23.7 Å². The zero-order chi connectivity index (χ0) is 9.97. The van der Waals surface area contributed by atoms with E-state index in [2.05, 4.69) is 26.0 Å². The van der Waals surface area contributed by atoms with Crippen LogP contribution >= 0.6 is 0 Å². The topological polar surface area (TPSA) is 0 Å². The second-order valence-electron chi connectivity index (χ2n) is 5.36. The molecule has 3 atom stereocenters. The first-order chi connectivity index (χ1) is 6.77. The first-order valence-electron chi connectivity index (χ1n) is 6.28. The predicted molar refractivity (Wildman–Crippen MR) is 61.9 cm³/mol. The Morgan fingerprint density at radius 3 is 2.71 bits per heavy atom. The van der Waals surface area contributed by atoms with Crippen molar-refractivity contribution in [3.05, 3.63) is 18.1 Å². The Hall–Kier alpha value is -0.260. The fourth-order valence-electron chi connectivity index (χ4n) is 3.16. The Kier molecular flexibility index (Phi) is 3.30. The summed E-state index contributed by atoms with van der Waals surface area (Å²) in [7, 11) is 0. The highest BCUT2D eigenvalue weighted by atomic mass is 14.4. The summed E-state index contributed by atoms with van der Waals surface area (Å²) in [5, 5.41) is 0. The van der Waals surface area contributed by atoms with Crippen LogP contribution in [0.4, 0.5) is 0 Å². The lowest BCUT2D eigenvalue weighted by molar-refractivity contribution is 0.282. The molecule has 1 fully saturated rings. The third-order valence-corrected chi connectivity index (χ3v) is 4.06. The maximum Gasteiger partial charge on any atom is -0.0176 e. The molecule has 2 rings (SSSR count). The van der Waals surface area contributed by atoms with E-state index >= 15 is 0 Å². The van der Waals surface area contributed by atoms with Gasteiger partial charge in [0.15, 0.2) is 0 Å². The molecule has 1 saturated carbocycles. The minimum absolute atomic E-state index is 0.879. The van der Waals surface area contributed by atoms with E-state index in [-0.39, 0.29) is 0 Å². The van der Waals surface area contributed by atoms with Gasteiger partial charge in [0.05, 0.1) is 0 Å². The molecular weight excluding hydrogens is 168 g/mol. The lowest BCUT2D eigenvalue weighted by Gasteiger charge is -2.38. The van der Waals surface area contributed by atoms with Crippen LogP contribution in [0.5, 0.6) is 0 Å². The molecule has 0 bridgehead atoms. The predicted octanol–water partition coefficient (Wildman–Crippen LogP) is 4.37. The molecule has 2 aliphatic carbocycles. The van der Waals surface area contributed by atoms with E-state index in [0.717, 1.165) is 17.8 Å². The lowest BCUT2D eigenvalue weighted by atomic mass is 9.67. The molecule has 3 unspecified atom stereocenters. The molecule has 0 aromatic rings. The van der Waals surface area contributed by atoms with E-state index in [4.69, 9.17) is 0 Å². The van der Waals surface area contributed by atoms with Gasteiger partial charge in [-0.3, -0.25) is 0 Å². The summed E-state index contributed by atoms with van der Waals surface area (Å²) in [5.41, 5.74) is 0. The summed E-state index contributed by atoms with van der Waals surface area (Å²) in [6, 6.07) is 0. The summed E-state index contributed by atoms with van der Waals surface area (Å²) in [6.45, 7) is 4.85. The maximum atomic E-state index is 2.44. The third-order valence-electron chi connectivity index (χ3n) is 4.06. The quantitative estimate of drug-likeness (QED) is 0.499. The minimum atomic E-state index is 0.879. The molecule has 0 amide bonds. The fraction of sp³-hybridized carbons (Fsp3) is 0.786. The van der Waals surface area contributed by atoms with Gasteiger partial charge in [-0.2, -0.15) is 0 Å². The Morgan fingerprint density at radius 1 is 1.07 bits per heavy atom. The molecule has 0 aromatic heterocycles. The van der Waals surface area contributed by atoms with Crippen molar-refractivity contribution in [3.63, 3.8) is 0 Å². The van der Waals surface area contributed by atoms with Crippen molar-refractivity contribution in [1.82, 2.24) is 0 Å². The second-order valence-corrected chi connectivity index (χ2v) is 5.36. The van der Waals surface area contributed by atoms with Crippen LogP contribution in [0.3, 0.4) is 0 Å². The molecule has 1 radical (unpaired) electrons. The largest absolute Gasteiger partial charge is 0.0883 e. The summed E-state index contributed by atoms with van der Waals surface area (Å²) < 4.78 is 0. The fourth-order valence-corrected chi connectivity index (χ4v) is 3.16. The van der Waals surface area contributed by atoms with Crippen LogP contribution in [-0.2, 0) is 0 Å². The van der Waals surface area contributed by atoms with Crippen LogP contribution in [-0.4, -0.2) is 0 Å². The van der Waals surface area contributed by atoms with Gasteiger partial charge in [-0.25, -0.2) is 0 Å². The molecule has 0 heterocycles. The first-order valence-corrected chi connectivity index (χ1v) is 6.28. The Bertz CT molecular complexity index is 204. The Morgan fingerprint density at radius 2 is 1.86 bits per heavy atom. The second kappa shape index (κ2) is 4.51. The molecule has 0 nitrogen and oxygen atoms in total. The van der Waals surface area contributed by atoms with Crippen LogP contribution in [0.1, 0.15) is 52.4 Å². The molecule has 0 aromatic carbocycles. The summed E-state index contributed by atoms with van der Waals surface area (Å²) in [6.07, 6.45) is 13.2. The van der Waals surface area contributed by atoms with Crippen molar-refractivity contribution in [3.8, 4) is 0 Å². The van der Waals surface area contributed by atoms with Gasteiger partial charge >= 0.3 is 0 Å². The van der Waals surface area contributed by atoms with Gasteiger partial charge in [0.1, 0.15) is 0 Å². The van der Waals surface area contributed by atoms with Crippen LogP contribution in [0.25, 0.3) is 0 Å². The molecule has 0 spiro atoms. The summed E-state index contributed by atoms with van der Waals surface area (Å²) in [4.78, 5) is 0. The van der Waals surface area contributed by atoms with Gasteiger partial charge in [0.2, 0.25) is 0 Å². The van der Waals surface area contributed by atoms with E-state index in [1.165, 1.54) is 38.5 Å². The molecule has 14 heavy (non-hydrogen) atoms. The average Bonchev–Trinajstić information content (AvgIpc) is 2.14. The molecule has 0 saturated heterocycles. The van der Waals surface area contributed by atoms with E-state index in [1.54, 1.807) is 0 Å². The Labute approximate surface area is 88.8 Å². The van der Waals surface area contributed by atoms with Crippen LogP contribution < -0.4 is 0 Å². The number of fused-ring (bicyclic) bond motifs is 1. The number of hydrogen-bond acceptors (Lipinski definition) is 0. The lowest BCUT2D eigenvalue weighted by Crippen LogP contribution is -2.26. The van der Waals surface area contributed by atoms with Crippen molar-refractivity contribution in [2.24, 2.45) is 17.8 Å². The van der Waals surface area contributed by atoms with Gasteiger partial charge < -0.3 is 0 Å². The zero-order valence-corrected chi connectivity index (χ0v) is 9.63. The van der Waals surface area contributed by atoms with Crippen molar-refractivity contribution in [1.29, 1.82) is 0 Å². The Balaban J connectivity index is 2.07. The molecule has 0 N–H and O–H groups in total. The van der Waals surface area contributed by atoms with Gasteiger partial charge in [-0.15, -0.1) is 0 Å². The van der Waals surface area contributed by atoms with E-state index < -0.39 is 0 Å². The SMILES string of the molecule is CC1C/C=C\CC2CCCC(C)[C]2C1. The maximum absolute atomic E-state index is 2.44. The van der Waals surface area contributed by atoms with Crippen molar-refractivity contribution in [2.75, 3.05) is 0 Å². The van der Waals surface area contributed by atoms with Crippen LogP contribution in [0.2, 0.25) is 0 Å². The number of rotatable bonds is 0. The highest BCUT2D eigenvalue weighted by Crippen LogP contribution is 2.43. The van der Waals surface area contributed by atoms with Crippen LogP contribution in [0.15, 0.2) is 12.2 Å². The third kappa shape index (κ3) is 2.21. The number of allylic oxidation sites excluding steroid dienone is 2. The average molecular weight is 191 g/mol. The van der Waals surface area contributed by atoms with Crippen molar-refractivity contribution >= 4 is 0 Å². The van der Waals surface area contributed by atoms with E-state index in [1.807, 2.05) is 5.92 Å². The van der Waals surface area contributed by atoms with Gasteiger partial charge in [0, 0.05) is 0 Å². The van der Waals surface area contributed by atoms with Gasteiger partial charge in [-0.1, -0.05) is 38.8 Å². The van der Waals surface area contributed by atoms with Gasteiger partial charge in [-0.05, 0) is 49.4 Å². The van der Waals surface area contributed by atoms with Crippen molar-refractivity contribution < 1.29 is 0 Å². The highest BCUT2D eigenvalue weighted by Gasteiger charge is 2.31. The van der Waals surface area contributed by atoms with E-state index in [0.29, 0.717) is 0 Å². The molecule has 79 valence electrons. The molecular formula is C14H23. The first kappa shape index (κ1) is 10.3. The standard InChI is InChI=1S/C14H23/c1-11-6-3-4-8-13-9-5-7-12(2)14(13)10-11/h3-4,11-13H,5-10H2,1-2H3/b4-3-. The van der Waals surface area contributed by atoms with Crippen molar-refractivity contribution in [2.45, 2.75) is 52.4 Å². The molecule has 0 aliphatic heterocycles.